The fourth-order valence-electron chi connectivity index (χ4n) is 4.24. The van der Waals surface area contributed by atoms with E-state index in [-0.39, 0.29) is 40.1 Å². The maximum Gasteiger partial charge on any atom is 0.243 e. The number of benzene rings is 1. The van der Waals surface area contributed by atoms with Crippen LogP contribution in [0.15, 0.2) is 34.1 Å². The average molecular weight is 486 g/mol. The van der Waals surface area contributed by atoms with E-state index in [0.29, 0.717) is 25.9 Å². The first-order valence-corrected chi connectivity index (χ1v) is 14.4. The molecule has 0 unspecified atom stereocenters. The van der Waals surface area contributed by atoms with E-state index in [9.17, 15) is 21.6 Å². The molecule has 1 heterocycles. The van der Waals surface area contributed by atoms with E-state index >= 15 is 0 Å². The Morgan fingerprint density at radius 1 is 0.969 bits per heavy atom. The highest BCUT2D eigenvalue weighted by Gasteiger charge is 2.34. The predicted octanol–water partition coefficient (Wildman–Crippen LogP) is 2.47. The molecule has 2 fully saturated rings. The molecular formula is C22H35N3O5S2. The van der Waals surface area contributed by atoms with Crippen LogP contribution in [0.3, 0.4) is 0 Å². The minimum atomic E-state index is -3.81. The van der Waals surface area contributed by atoms with Crippen LogP contribution in [0.2, 0.25) is 0 Å². The average Bonchev–Trinajstić information content (AvgIpc) is 2.78. The fourth-order valence-corrected chi connectivity index (χ4v) is 6.98. The van der Waals surface area contributed by atoms with Gasteiger partial charge in [-0.15, -0.1) is 0 Å². The van der Waals surface area contributed by atoms with Gasteiger partial charge in [-0.25, -0.2) is 21.6 Å². The minimum absolute atomic E-state index is 0.0282. The summed E-state index contributed by atoms with van der Waals surface area (Å²) >= 11 is 0. The Hall–Kier alpha value is -1.49. The van der Waals surface area contributed by atoms with Gasteiger partial charge in [-0.05, 0) is 55.9 Å². The standard InChI is InChI=1S/C22H35N3O5S2/c1-17(2)15-23-31(27,28)20-10-12-21(13-11-20)32(29,30)25-14-6-7-18(16-25)22(26)24-19-8-4-3-5-9-19/h10-13,17-19,23H,3-9,14-16H2,1-2H3,(H,24,26)/t18-/m0/s1. The Morgan fingerprint density at radius 2 is 1.59 bits per heavy atom. The largest absolute Gasteiger partial charge is 0.353 e. The van der Waals surface area contributed by atoms with Crippen molar-refractivity contribution >= 4 is 26.0 Å². The maximum absolute atomic E-state index is 13.2. The lowest BCUT2D eigenvalue weighted by Gasteiger charge is -2.32. The smallest absolute Gasteiger partial charge is 0.243 e. The van der Waals surface area contributed by atoms with Crippen molar-refractivity contribution < 1.29 is 21.6 Å². The summed E-state index contributed by atoms with van der Waals surface area (Å²) < 4.78 is 54.9. The number of amides is 1. The van der Waals surface area contributed by atoms with Crippen molar-refractivity contribution in [2.45, 2.75) is 74.6 Å². The molecule has 0 radical (unpaired) electrons. The zero-order valence-electron chi connectivity index (χ0n) is 18.9. The molecule has 0 bridgehead atoms. The van der Waals surface area contributed by atoms with Crippen LogP contribution >= 0.6 is 0 Å². The van der Waals surface area contributed by atoms with Crippen molar-refractivity contribution in [1.82, 2.24) is 14.3 Å². The highest BCUT2D eigenvalue weighted by Crippen LogP contribution is 2.26. The van der Waals surface area contributed by atoms with E-state index in [1.807, 2.05) is 13.8 Å². The fraction of sp³-hybridized carbons (Fsp3) is 0.682. The molecule has 32 heavy (non-hydrogen) atoms. The Bertz CT molecular complexity index is 985. The summed E-state index contributed by atoms with van der Waals surface area (Å²) in [6, 6.07) is 5.47. The molecule has 1 aliphatic heterocycles. The number of sulfonamides is 2. The second-order valence-corrected chi connectivity index (χ2v) is 13.0. The lowest BCUT2D eigenvalue weighted by molar-refractivity contribution is -0.127. The van der Waals surface area contributed by atoms with Gasteiger partial charge in [0.2, 0.25) is 26.0 Å². The van der Waals surface area contributed by atoms with Crippen LogP contribution in [0, 0.1) is 11.8 Å². The third-order valence-electron chi connectivity index (χ3n) is 6.16. The van der Waals surface area contributed by atoms with Crippen LogP contribution in [0.25, 0.3) is 0 Å². The number of carbonyl (C=O) groups is 1. The van der Waals surface area contributed by atoms with Crippen LogP contribution < -0.4 is 10.0 Å². The molecule has 0 spiro atoms. The van der Waals surface area contributed by atoms with Crippen LogP contribution in [0.4, 0.5) is 0 Å². The van der Waals surface area contributed by atoms with Gasteiger partial charge in [0.1, 0.15) is 0 Å². The van der Waals surface area contributed by atoms with Crippen LogP contribution in [0.5, 0.6) is 0 Å². The molecule has 1 aliphatic carbocycles. The van der Waals surface area contributed by atoms with Crippen LogP contribution in [-0.2, 0) is 24.8 Å². The molecule has 1 saturated heterocycles. The van der Waals surface area contributed by atoms with E-state index in [4.69, 9.17) is 0 Å². The number of hydrogen-bond donors (Lipinski definition) is 2. The summed E-state index contributed by atoms with van der Waals surface area (Å²) in [4.78, 5) is 12.8. The number of rotatable bonds is 8. The molecule has 2 aliphatic rings. The summed E-state index contributed by atoms with van der Waals surface area (Å²) in [5, 5.41) is 3.11. The van der Waals surface area contributed by atoms with E-state index in [1.165, 1.54) is 35.0 Å². The minimum Gasteiger partial charge on any atom is -0.353 e. The number of hydrogen-bond acceptors (Lipinski definition) is 5. The normalized spacial score (nSPS) is 21.5. The van der Waals surface area contributed by atoms with Crippen molar-refractivity contribution in [3.05, 3.63) is 24.3 Å². The van der Waals surface area contributed by atoms with E-state index in [0.717, 1.165) is 25.7 Å². The molecular weight excluding hydrogens is 450 g/mol. The molecule has 3 rings (SSSR count). The molecule has 1 aromatic carbocycles. The molecule has 1 saturated carbocycles. The third kappa shape index (κ3) is 6.30. The van der Waals surface area contributed by atoms with Crippen molar-refractivity contribution in [3.8, 4) is 0 Å². The summed E-state index contributed by atoms with van der Waals surface area (Å²) in [6.07, 6.45) is 6.71. The van der Waals surface area contributed by atoms with Gasteiger partial charge < -0.3 is 5.32 Å². The van der Waals surface area contributed by atoms with Gasteiger partial charge in [0.25, 0.3) is 0 Å². The van der Waals surface area contributed by atoms with Crippen molar-refractivity contribution in [1.29, 1.82) is 0 Å². The van der Waals surface area contributed by atoms with Crippen molar-refractivity contribution in [2.24, 2.45) is 11.8 Å². The second-order valence-electron chi connectivity index (χ2n) is 9.26. The first-order valence-electron chi connectivity index (χ1n) is 11.5. The van der Waals surface area contributed by atoms with Crippen LogP contribution in [0.1, 0.15) is 58.8 Å². The van der Waals surface area contributed by atoms with E-state index in [1.54, 1.807) is 0 Å². The van der Waals surface area contributed by atoms with E-state index < -0.39 is 20.0 Å². The Kier molecular flexibility index (Phi) is 8.35. The maximum atomic E-state index is 13.2. The molecule has 1 aromatic rings. The topological polar surface area (TPSA) is 113 Å². The summed E-state index contributed by atoms with van der Waals surface area (Å²) in [6.45, 7) is 4.61. The molecule has 0 aromatic heterocycles. The predicted molar refractivity (Wildman–Crippen MR) is 123 cm³/mol. The molecule has 1 atom stereocenters. The van der Waals surface area contributed by atoms with Gasteiger partial charge in [-0.2, -0.15) is 4.31 Å². The monoisotopic (exact) mass is 485 g/mol. The first-order chi connectivity index (χ1) is 15.1. The van der Waals surface area contributed by atoms with Gasteiger partial charge in [0, 0.05) is 25.7 Å². The molecule has 1 amide bonds. The Labute approximate surface area is 192 Å². The number of nitrogens with zero attached hydrogens (tertiary/aromatic N) is 1. The lowest BCUT2D eigenvalue weighted by Crippen LogP contribution is -2.47. The zero-order chi connectivity index (χ0) is 23.4. The lowest BCUT2D eigenvalue weighted by atomic mass is 9.93. The van der Waals surface area contributed by atoms with Crippen LogP contribution in [-0.4, -0.2) is 52.7 Å². The van der Waals surface area contributed by atoms with Gasteiger partial charge in [-0.1, -0.05) is 33.1 Å². The number of carbonyl (C=O) groups excluding carboxylic acids is 1. The quantitative estimate of drug-likeness (QED) is 0.587. The van der Waals surface area contributed by atoms with Gasteiger partial charge >= 0.3 is 0 Å². The Morgan fingerprint density at radius 3 is 2.22 bits per heavy atom. The zero-order valence-corrected chi connectivity index (χ0v) is 20.6. The molecule has 8 nitrogen and oxygen atoms in total. The van der Waals surface area contributed by atoms with Crippen molar-refractivity contribution in [3.63, 3.8) is 0 Å². The van der Waals surface area contributed by atoms with Crippen molar-refractivity contribution in [2.75, 3.05) is 19.6 Å². The van der Waals surface area contributed by atoms with Gasteiger partial charge in [0.15, 0.2) is 0 Å². The Balaban J connectivity index is 1.66. The summed E-state index contributed by atoms with van der Waals surface area (Å²) in [5.41, 5.74) is 0. The number of piperidine rings is 1. The highest BCUT2D eigenvalue weighted by molar-refractivity contribution is 7.89. The third-order valence-corrected chi connectivity index (χ3v) is 9.48. The summed E-state index contributed by atoms with van der Waals surface area (Å²) in [7, 11) is -7.50. The SMILES string of the molecule is CC(C)CNS(=O)(=O)c1ccc(S(=O)(=O)N2CCC[C@H](C(=O)NC3CCCCC3)C2)cc1. The first kappa shape index (κ1) is 25.1. The molecule has 180 valence electrons. The highest BCUT2D eigenvalue weighted by atomic mass is 32.2. The van der Waals surface area contributed by atoms with E-state index in [2.05, 4.69) is 10.0 Å². The summed E-state index contributed by atoms with van der Waals surface area (Å²) in [5.74, 6) is -0.262. The molecule has 2 N–H and O–H groups in total. The number of nitrogens with one attached hydrogen (secondary N) is 2. The van der Waals surface area contributed by atoms with Gasteiger partial charge in [-0.3, -0.25) is 4.79 Å². The molecule has 10 heteroatoms. The second kappa shape index (κ2) is 10.6. The van der Waals surface area contributed by atoms with Gasteiger partial charge in [0.05, 0.1) is 15.7 Å².